The SMILES string of the molecule is O=S(=O)(O)C(c1ccc(O)cc1)(c1cc(Cl)cc(Cl)c1Cl)c1c(O)cccc1Cl. The molecular weight excluding hydrogens is 482 g/mol. The molecule has 0 bridgehead atoms. The minimum Gasteiger partial charge on any atom is -0.508 e. The highest BCUT2D eigenvalue weighted by Gasteiger charge is 2.52. The first-order valence-electron chi connectivity index (χ1n) is 7.89. The summed E-state index contributed by atoms with van der Waals surface area (Å²) in [6.45, 7) is 0. The second kappa shape index (κ2) is 7.87. The van der Waals surface area contributed by atoms with E-state index < -0.39 is 20.6 Å². The minimum atomic E-state index is -5.13. The molecule has 0 aliphatic carbocycles. The minimum absolute atomic E-state index is 0.0350. The molecule has 0 aromatic heterocycles. The normalized spacial score (nSPS) is 13.8. The zero-order chi connectivity index (χ0) is 21.6. The van der Waals surface area contributed by atoms with Crippen molar-refractivity contribution in [1.82, 2.24) is 0 Å². The number of rotatable bonds is 4. The fourth-order valence-electron chi connectivity index (χ4n) is 3.22. The van der Waals surface area contributed by atoms with Gasteiger partial charge in [-0.15, -0.1) is 0 Å². The van der Waals surface area contributed by atoms with Crippen LogP contribution in [0.2, 0.25) is 20.1 Å². The lowest BCUT2D eigenvalue weighted by Gasteiger charge is -2.34. The molecule has 0 amide bonds. The van der Waals surface area contributed by atoms with Crippen molar-refractivity contribution < 1.29 is 23.2 Å². The molecule has 3 aromatic rings. The Bertz CT molecular complexity index is 1180. The molecule has 152 valence electrons. The van der Waals surface area contributed by atoms with Crippen LogP contribution in [-0.2, 0) is 14.9 Å². The lowest BCUT2D eigenvalue weighted by molar-refractivity contribution is 0.440. The van der Waals surface area contributed by atoms with E-state index in [-0.39, 0.29) is 42.5 Å². The molecule has 0 aliphatic rings. The van der Waals surface area contributed by atoms with Crippen molar-refractivity contribution in [2.24, 2.45) is 0 Å². The maximum atomic E-state index is 13.0. The van der Waals surface area contributed by atoms with E-state index >= 15 is 0 Å². The molecule has 0 fully saturated rings. The Balaban J connectivity index is 2.65. The topological polar surface area (TPSA) is 94.8 Å². The van der Waals surface area contributed by atoms with Gasteiger partial charge in [0.05, 0.1) is 10.0 Å². The Morgan fingerprint density at radius 2 is 1.45 bits per heavy atom. The summed E-state index contributed by atoms with van der Waals surface area (Å²) >= 11 is 24.9. The average molecular weight is 494 g/mol. The predicted octanol–water partition coefficient (Wildman–Crippen LogP) is 5.89. The van der Waals surface area contributed by atoms with Gasteiger partial charge in [0.1, 0.15) is 11.5 Å². The summed E-state index contributed by atoms with van der Waals surface area (Å²) in [5.74, 6) is -0.674. The number of phenols is 2. The lowest BCUT2D eigenvalue weighted by Crippen LogP contribution is -2.39. The molecular formula is C19H12Cl4O5S. The first kappa shape index (κ1) is 22.0. The molecule has 0 heterocycles. The van der Waals surface area contributed by atoms with E-state index in [1.165, 1.54) is 54.6 Å². The number of benzene rings is 3. The highest BCUT2D eigenvalue weighted by molar-refractivity contribution is 7.87. The zero-order valence-electron chi connectivity index (χ0n) is 14.3. The first-order valence-corrected chi connectivity index (χ1v) is 10.8. The Kier molecular flexibility index (Phi) is 5.98. The van der Waals surface area contributed by atoms with Gasteiger partial charge in [0.2, 0.25) is 0 Å². The van der Waals surface area contributed by atoms with Crippen LogP contribution >= 0.6 is 46.4 Å². The van der Waals surface area contributed by atoms with Gasteiger partial charge in [0, 0.05) is 21.2 Å². The lowest BCUT2D eigenvalue weighted by atomic mass is 9.83. The second-order valence-corrected chi connectivity index (χ2v) is 9.28. The fraction of sp³-hybridized carbons (Fsp3) is 0.0526. The molecule has 3 N–H and O–H groups in total. The van der Waals surface area contributed by atoms with E-state index in [4.69, 9.17) is 46.4 Å². The number of aromatic hydroxyl groups is 2. The number of hydrogen-bond donors (Lipinski definition) is 3. The standard InChI is InChI=1S/C19H12Cl4O5S/c20-11-8-13(18(23)15(22)9-11)19(29(26,27)28,10-4-6-12(24)7-5-10)17-14(21)2-1-3-16(17)25/h1-9,24-25H,(H,26,27,28). The molecule has 0 saturated heterocycles. The van der Waals surface area contributed by atoms with Crippen molar-refractivity contribution >= 4 is 56.5 Å². The number of halogens is 4. The molecule has 1 atom stereocenters. The molecule has 1 unspecified atom stereocenters. The second-order valence-electron chi connectivity index (χ2n) is 6.09. The average Bonchev–Trinajstić information content (AvgIpc) is 2.61. The summed E-state index contributed by atoms with van der Waals surface area (Å²) in [4.78, 5) is 0. The predicted molar refractivity (Wildman–Crippen MR) is 114 cm³/mol. The van der Waals surface area contributed by atoms with E-state index in [2.05, 4.69) is 0 Å². The summed E-state index contributed by atoms with van der Waals surface area (Å²) in [5, 5.41) is 19.8. The first-order chi connectivity index (χ1) is 13.5. The van der Waals surface area contributed by atoms with Crippen molar-refractivity contribution in [2.75, 3.05) is 0 Å². The molecule has 5 nitrogen and oxygen atoms in total. The molecule has 3 aromatic carbocycles. The van der Waals surface area contributed by atoms with Crippen LogP contribution in [0, 0.1) is 0 Å². The van der Waals surface area contributed by atoms with Gasteiger partial charge in [-0.25, -0.2) is 0 Å². The van der Waals surface area contributed by atoms with Gasteiger partial charge in [-0.1, -0.05) is 64.6 Å². The molecule has 0 radical (unpaired) electrons. The van der Waals surface area contributed by atoms with Crippen molar-refractivity contribution in [2.45, 2.75) is 4.75 Å². The van der Waals surface area contributed by atoms with Crippen LogP contribution < -0.4 is 0 Å². The molecule has 0 saturated carbocycles. The van der Waals surface area contributed by atoms with Gasteiger partial charge in [-0.05, 0) is 42.0 Å². The molecule has 29 heavy (non-hydrogen) atoms. The van der Waals surface area contributed by atoms with E-state index in [1.807, 2.05) is 0 Å². The summed E-state index contributed by atoms with van der Waals surface area (Å²) in [6.07, 6.45) is 0. The molecule has 10 heteroatoms. The van der Waals surface area contributed by atoms with Gasteiger partial charge in [0.15, 0.2) is 4.75 Å². The van der Waals surface area contributed by atoms with E-state index in [0.29, 0.717) is 0 Å². The fourth-order valence-corrected chi connectivity index (χ4v) is 5.73. The highest BCUT2D eigenvalue weighted by Crippen LogP contribution is 2.53. The van der Waals surface area contributed by atoms with Crippen LogP contribution in [-0.4, -0.2) is 23.2 Å². The van der Waals surface area contributed by atoms with Crippen molar-refractivity contribution in [3.63, 3.8) is 0 Å². The van der Waals surface area contributed by atoms with Gasteiger partial charge >= 0.3 is 0 Å². The van der Waals surface area contributed by atoms with E-state index in [1.54, 1.807) is 0 Å². The Hall–Kier alpha value is -1.67. The molecule has 0 aliphatic heterocycles. The zero-order valence-corrected chi connectivity index (χ0v) is 18.1. The van der Waals surface area contributed by atoms with Crippen molar-refractivity contribution in [3.05, 3.63) is 91.4 Å². The third-order valence-electron chi connectivity index (χ3n) is 4.38. The summed E-state index contributed by atoms with van der Waals surface area (Å²) in [5.41, 5.74) is -0.648. The van der Waals surface area contributed by atoms with Crippen molar-refractivity contribution in [1.29, 1.82) is 0 Å². The highest BCUT2D eigenvalue weighted by atomic mass is 35.5. The molecule has 0 spiro atoms. The summed E-state index contributed by atoms with van der Waals surface area (Å²) in [6, 6.07) is 11.4. The summed E-state index contributed by atoms with van der Waals surface area (Å²) in [7, 11) is -5.13. The third kappa shape index (κ3) is 3.65. The number of hydrogen-bond acceptors (Lipinski definition) is 4. The Morgan fingerprint density at radius 1 is 0.828 bits per heavy atom. The van der Waals surface area contributed by atoms with Crippen LogP contribution in [0.5, 0.6) is 11.5 Å². The quantitative estimate of drug-likeness (QED) is 0.239. The van der Waals surface area contributed by atoms with Gasteiger partial charge in [-0.2, -0.15) is 8.42 Å². The van der Waals surface area contributed by atoms with Gasteiger partial charge in [-0.3, -0.25) is 4.55 Å². The maximum absolute atomic E-state index is 13.0. The van der Waals surface area contributed by atoms with Crippen LogP contribution in [0.1, 0.15) is 16.7 Å². The largest absolute Gasteiger partial charge is 0.508 e. The van der Waals surface area contributed by atoms with Crippen LogP contribution in [0.15, 0.2) is 54.6 Å². The number of phenolic OH excluding ortho intramolecular Hbond substituents is 2. The third-order valence-corrected chi connectivity index (χ3v) is 7.15. The van der Waals surface area contributed by atoms with Gasteiger partial charge < -0.3 is 10.2 Å². The van der Waals surface area contributed by atoms with Crippen LogP contribution in [0.3, 0.4) is 0 Å². The molecule has 3 rings (SSSR count). The Morgan fingerprint density at radius 3 is 2.00 bits per heavy atom. The van der Waals surface area contributed by atoms with Gasteiger partial charge in [0.25, 0.3) is 10.1 Å². The summed E-state index contributed by atoms with van der Waals surface area (Å²) < 4.78 is 34.0. The maximum Gasteiger partial charge on any atom is 0.283 e. The monoisotopic (exact) mass is 492 g/mol. The van der Waals surface area contributed by atoms with E-state index in [0.717, 1.165) is 0 Å². The smallest absolute Gasteiger partial charge is 0.283 e. The van der Waals surface area contributed by atoms with Crippen LogP contribution in [0.25, 0.3) is 0 Å². The Labute approximate surface area is 186 Å². The van der Waals surface area contributed by atoms with Crippen LogP contribution in [0.4, 0.5) is 0 Å². The van der Waals surface area contributed by atoms with Crippen molar-refractivity contribution in [3.8, 4) is 11.5 Å². The van der Waals surface area contributed by atoms with E-state index in [9.17, 15) is 23.2 Å².